The van der Waals surface area contributed by atoms with Crippen molar-refractivity contribution >= 4 is 10.1 Å². The van der Waals surface area contributed by atoms with Gasteiger partial charge in [-0.15, -0.1) is 0 Å². The number of rotatable bonds is 6. The minimum Gasteiger partial charge on any atom is -0.310 e. The molecule has 0 spiro atoms. The van der Waals surface area contributed by atoms with Gasteiger partial charge in [0.15, 0.2) is 0 Å². The molecule has 0 aliphatic rings. The second-order valence-corrected chi connectivity index (χ2v) is 5.44. The Balaban J connectivity index is 2.35. The Morgan fingerprint density at radius 2 is 1.94 bits per heavy atom. The number of hydrogen-bond donors (Lipinski definition) is 2. The van der Waals surface area contributed by atoms with Gasteiger partial charge in [-0.1, -0.05) is 12.1 Å². The fraction of sp³-hybridized carbons (Fsp3) is 0.455. The van der Waals surface area contributed by atoms with Gasteiger partial charge in [-0.3, -0.25) is 4.55 Å². The Morgan fingerprint density at radius 1 is 1.35 bits per heavy atom. The molecule has 6 heteroatoms. The highest BCUT2D eigenvalue weighted by molar-refractivity contribution is 7.85. The van der Waals surface area contributed by atoms with Crippen LogP contribution >= 0.6 is 0 Å². The summed E-state index contributed by atoms with van der Waals surface area (Å²) in [7, 11) is -3.88. The average molecular weight is 261 g/mol. The maximum Gasteiger partial charge on any atom is 0.264 e. The maximum absolute atomic E-state index is 12.7. The van der Waals surface area contributed by atoms with Crippen molar-refractivity contribution in [3.05, 3.63) is 35.6 Å². The second-order valence-electron chi connectivity index (χ2n) is 3.87. The number of nitrogens with one attached hydrogen (secondary N) is 1. The van der Waals surface area contributed by atoms with Gasteiger partial charge in [0.05, 0.1) is 5.75 Å². The number of halogens is 1. The molecule has 0 radical (unpaired) electrons. The third kappa shape index (κ3) is 5.76. The van der Waals surface area contributed by atoms with Gasteiger partial charge in [0.1, 0.15) is 5.82 Å². The molecule has 1 rings (SSSR count). The summed E-state index contributed by atoms with van der Waals surface area (Å²) < 4.78 is 42.1. The first-order valence-corrected chi connectivity index (χ1v) is 6.93. The van der Waals surface area contributed by atoms with E-state index in [-0.39, 0.29) is 17.6 Å². The van der Waals surface area contributed by atoms with Crippen molar-refractivity contribution in [1.82, 2.24) is 5.32 Å². The van der Waals surface area contributed by atoms with Gasteiger partial charge >= 0.3 is 0 Å². The highest BCUT2D eigenvalue weighted by atomic mass is 32.2. The summed E-state index contributed by atoms with van der Waals surface area (Å²) in [4.78, 5) is 0. The van der Waals surface area contributed by atoms with E-state index in [1.807, 2.05) is 6.92 Å². The van der Waals surface area contributed by atoms with Crippen molar-refractivity contribution in [3.63, 3.8) is 0 Å². The Morgan fingerprint density at radius 3 is 2.47 bits per heavy atom. The molecule has 1 aromatic rings. The van der Waals surface area contributed by atoms with E-state index < -0.39 is 10.1 Å². The van der Waals surface area contributed by atoms with Crippen LogP contribution in [0.25, 0.3) is 0 Å². The molecule has 0 saturated heterocycles. The van der Waals surface area contributed by atoms with Crippen molar-refractivity contribution < 1.29 is 17.4 Å². The topological polar surface area (TPSA) is 66.4 Å². The molecule has 0 fully saturated rings. The normalized spacial score (nSPS) is 13.6. The monoisotopic (exact) mass is 261 g/mol. The first-order valence-electron chi connectivity index (χ1n) is 5.32. The first-order chi connectivity index (χ1) is 7.88. The Bertz CT molecular complexity index is 444. The van der Waals surface area contributed by atoms with Crippen LogP contribution in [-0.2, 0) is 10.1 Å². The Kier molecular flexibility index (Phi) is 5.04. The minimum absolute atomic E-state index is 0.0111. The molecule has 0 aliphatic carbocycles. The fourth-order valence-corrected chi connectivity index (χ4v) is 1.95. The van der Waals surface area contributed by atoms with E-state index in [1.165, 1.54) is 12.1 Å². The lowest BCUT2D eigenvalue weighted by molar-refractivity contribution is 0.477. The highest BCUT2D eigenvalue weighted by Crippen LogP contribution is 2.12. The van der Waals surface area contributed by atoms with E-state index in [1.54, 1.807) is 12.1 Å². The molecule has 1 aromatic carbocycles. The second kappa shape index (κ2) is 6.09. The molecule has 0 aromatic heterocycles. The molecule has 1 atom stereocenters. The van der Waals surface area contributed by atoms with Crippen LogP contribution in [-0.4, -0.2) is 25.3 Å². The van der Waals surface area contributed by atoms with E-state index in [4.69, 9.17) is 4.55 Å². The lowest BCUT2D eigenvalue weighted by atomic mass is 10.1. The van der Waals surface area contributed by atoms with E-state index >= 15 is 0 Å². The lowest BCUT2D eigenvalue weighted by Gasteiger charge is -2.13. The van der Waals surface area contributed by atoms with E-state index in [9.17, 15) is 12.8 Å². The van der Waals surface area contributed by atoms with Crippen LogP contribution in [0, 0.1) is 5.82 Å². The fourth-order valence-electron chi connectivity index (χ4n) is 1.44. The molecule has 0 bridgehead atoms. The molecular formula is C11H16FNO3S. The van der Waals surface area contributed by atoms with Crippen molar-refractivity contribution in [2.75, 3.05) is 12.3 Å². The molecule has 17 heavy (non-hydrogen) atoms. The van der Waals surface area contributed by atoms with E-state index in [0.717, 1.165) is 5.56 Å². The molecule has 96 valence electrons. The molecule has 0 saturated carbocycles. The SMILES string of the molecule is C[C@H](NCCCS(=O)(=O)O)c1ccc(F)cc1. The Hall–Kier alpha value is -0.980. The summed E-state index contributed by atoms with van der Waals surface area (Å²) in [5.41, 5.74) is 0.929. The van der Waals surface area contributed by atoms with Gasteiger partial charge in [0.2, 0.25) is 0 Å². The summed E-state index contributed by atoms with van der Waals surface area (Å²) in [6, 6.07) is 6.13. The predicted molar refractivity (Wildman–Crippen MR) is 63.9 cm³/mol. The molecule has 0 aliphatic heterocycles. The van der Waals surface area contributed by atoms with Gasteiger partial charge in [0, 0.05) is 6.04 Å². The molecule has 0 amide bonds. The predicted octanol–water partition coefficient (Wildman–Crippen LogP) is 1.75. The van der Waals surface area contributed by atoms with Gasteiger partial charge in [0.25, 0.3) is 10.1 Å². The van der Waals surface area contributed by atoms with Gasteiger partial charge < -0.3 is 5.32 Å². The molecule has 4 nitrogen and oxygen atoms in total. The smallest absolute Gasteiger partial charge is 0.264 e. The largest absolute Gasteiger partial charge is 0.310 e. The first kappa shape index (κ1) is 14.1. The third-order valence-corrected chi connectivity index (χ3v) is 3.20. The quantitative estimate of drug-likeness (QED) is 0.605. The Labute approximate surface area is 101 Å². The van der Waals surface area contributed by atoms with Gasteiger partial charge in [-0.25, -0.2) is 4.39 Å². The molecule has 0 unspecified atom stereocenters. The highest BCUT2D eigenvalue weighted by Gasteiger charge is 2.06. The van der Waals surface area contributed by atoms with Crippen LogP contribution in [0.1, 0.15) is 24.9 Å². The van der Waals surface area contributed by atoms with Crippen molar-refractivity contribution in [2.24, 2.45) is 0 Å². The maximum atomic E-state index is 12.7. The number of hydrogen-bond acceptors (Lipinski definition) is 3. The van der Waals surface area contributed by atoms with Crippen LogP contribution in [0.15, 0.2) is 24.3 Å². The van der Waals surface area contributed by atoms with Crippen molar-refractivity contribution in [1.29, 1.82) is 0 Å². The van der Waals surface area contributed by atoms with Crippen LogP contribution in [0.3, 0.4) is 0 Å². The summed E-state index contributed by atoms with van der Waals surface area (Å²) >= 11 is 0. The number of benzene rings is 1. The standard InChI is InChI=1S/C11H16FNO3S/c1-9(10-3-5-11(12)6-4-10)13-7-2-8-17(14,15)16/h3-6,9,13H,2,7-8H2,1H3,(H,14,15,16)/t9-/m0/s1. The average Bonchev–Trinajstić information content (AvgIpc) is 2.24. The lowest BCUT2D eigenvalue weighted by Crippen LogP contribution is -2.21. The minimum atomic E-state index is -3.88. The molecule has 2 N–H and O–H groups in total. The van der Waals surface area contributed by atoms with E-state index in [2.05, 4.69) is 5.32 Å². The summed E-state index contributed by atoms with van der Waals surface area (Å²) in [6.45, 7) is 2.37. The summed E-state index contributed by atoms with van der Waals surface area (Å²) in [5, 5.41) is 3.09. The van der Waals surface area contributed by atoms with Crippen LogP contribution in [0.4, 0.5) is 4.39 Å². The van der Waals surface area contributed by atoms with Crippen molar-refractivity contribution in [2.45, 2.75) is 19.4 Å². The van der Waals surface area contributed by atoms with Crippen LogP contribution in [0.5, 0.6) is 0 Å². The summed E-state index contributed by atoms with van der Waals surface area (Å²) in [6.07, 6.45) is 0.338. The van der Waals surface area contributed by atoms with Crippen molar-refractivity contribution in [3.8, 4) is 0 Å². The van der Waals surface area contributed by atoms with Crippen LogP contribution < -0.4 is 5.32 Å². The zero-order valence-corrected chi connectivity index (χ0v) is 10.4. The third-order valence-electron chi connectivity index (χ3n) is 2.40. The zero-order chi connectivity index (χ0) is 12.9. The van der Waals surface area contributed by atoms with Gasteiger partial charge in [-0.05, 0) is 37.6 Å². The van der Waals surface area contributed by atoms with Crippen LogP contribution in [0.2, 0.25) is 0 Å². The molecule has 0 heterocycles. The summed E-state index contributed by atoms with van der Waals surface area (Å²) in [5.74, 6) is -0.539. The zero-order valence-electron chi connectivity index (χ0n) is 9.56. The van der Waals surface area contributed by atoms with Gasteiger partial charge in [-0.2, -0.15) is 8.42 Å². The van der Waals surface area contributed by atoms with E-state index in [0.29, 0.717) is 13.0 Å². The molecular weight excluding hydrogens is 245 g/mol.